The predicted molar refractivity (Wildman–Crippen MR) is 114 cm³/mol. The number of hydrogen-bond acceptors (Lipinski definition) is 1. The third kappa shape index (κ3) is 4.53. The molecule has 6 heteroatoms. The Balaban J connectivity index is 2.05. The van der Waals surface area contributed by atoms with E-state index in [0.717, 1.165) is 6.07 Å². The Morgan fingerprint density at radius 3 is 2.19 bits per heavy atom. The number of aryl methyl sites for hydroxylation is 1. The predicted octanol–water partition coefficient (Wildman–Crippen LogP) is 7.71. The first kappa shape index (κ1) is 22.3. The highest BCUT2D eigenvalue weighted by Gasteiger charge is 2.23. The van der Waals surface area contributed by atoms with Gasteiger partial charge >= 0.3 is 0 Å². The van der Waals surface area contributed by atoms with Crippen molar-refractivity contribution in [2.45, 2.75) is 12.8 Å². The lowest BCUT2D eigenvalue weighted by Gasteiger charge is -2.11. The molecule has 0 unspecified atom stereocenters. The maximum Gasteiger partial charge on any atom is 0.170 e. The van der Waals surface area contributed by atoms with E-state index < -0.39 is 40.1 Å². The van der Waals surface area contributed by atoms with Crippen LogP contribution in [0.25, 0.3) is 22.4 Å². The van der Waals surface area contributed by atoms with Crippen LogP contribution in [-0.2, 0) is 6.42 Å². The molecule has 0 bridgehead atoms. The average molecular weight is 430 g/mol. The summed E-state index contributed by atoms with van der Waals surface area (Å²) in [6, 6.07) is 8.95. The number of rotatable bonds is 8. The lowest BCUT2D eigenvalue weighted by atomic mass is 9.99. The standard InChI is InChI=1S/C25H19F5O/c1-3-5-6-15-7-8-17-14-19(24(29)25(30)20(17)21(15)26)23(28)22(27)16-9-11-18(12-10-16)31-13-4-2/h3-4,7-12,14H,1-2,5-6,13H2. The zero-order valence-electron chi connectivity index (χ0n) is 16.5. The molecule has 0 N–H and O–H groups in total. The topological polar surface area (TPSA) is 9.23 Å². The zero-order chi connectivity index (χ0) is 22.5. The smallest absolute Gasteiger partial charge is 0.170 e. The largest absolute Gasteiger partial charge is 0.490 e. The van der Waals surface area contributed by atoms with Crippen molar-refractivity contribution in [3.63, 3.8) is 0 Å². The van der Waals surface area contributed by atoms with Crippen molar-refractivity contribution >= 4 is 22.4 Å². The van der Waals surface area contributed by atoms with Gasteiger partial charge in [-0.25, -0.2) is 22.0 Å². The first-order chi connectivity index (χ1) is 14.9. The summed E-state index contributed by atoms with van der Waals surface area (Å²) in [5, 5.41) is -0.676. The molecule has 0 saturated heterocycles. The molecule has 3 aromatic rings. The number of hydrogen-bond donors (Lipinski definition) is 0. The van der Waals surface area contributed by atoms with Crippen LogP contribution in [-0.4, -0.2) is 6.61 Å². The van der Waals surface area contributed by atoms with Crippen LogP contribution < -0.4 is 4.74 Å². The number of halogens is 5. The van der Waals surface area contributed by atoms with Crippen LogP contribution >= 0.6 is 0 Å². The van der Waals surface area contributed by atoms with Crippen molar-refractivity contribution in [1.82, 2.24) is 0 Å². The molecule has 0 aliphatic heterocycles. The molecule has 3 aromatic carbocycles. The van der Waals surface area contributed by atoms with Gasteiger partial charge < -0.3 is 4.74 Å². The molecule has 0 aromatic heterocycles. The molecule has 0 atom stereocenters. The summed E-state index contributed by atoms with van der Waals surface area (Å²) in [5.41, 5.74) is -0.929. The second kappa shape index (κ2) is 9.60. The van der Waals surface area contributed by atoms with E-state index in [-0.39, 0.29) is 29.5 Å². The highest BCUT2D eigenvalue weighted by molar-refractivity contribution is 5.91. The van der Waals surface area contributed by atoms with Gasteiger partial charge in [-0.3, -0.25) is 0 Å². The Morgan fingerprint density at radius 1 is 0.839 bits per heavy atom. The minimum atomic E-state index is -1.66. The fraction of sp³-hybridized carbons (Fsp3) is 0.120. The molecule has 0 fully saturated rings. The summed E-state index contributed by atoms with van der Waals surface area (Å²) in [6.45, 7) is 7.28. The molecule has 0 radical (unpaired) electrons. The van der Waals surface area contributed by atoms with E-state index in [1.807, 2.05) is 0 Å². The molecule has 0 saturated carbocycles. The van der Waals surface area contributed by atoms with Crippen molar-refractivity contribution in [1.29, 1.82) is 0 Å². The Hall–Kier alpha value is -3.41. The molecule has 0 amide bonds. The second-order valence-electron chi connectivity index (χ2n) is 6.77. The summed E-state index contributed by atoms with van der Waals surface area (Å²) in [5.74, 6) is -6.72. The first-order valence-corrected chi connectivity index (χ1v) is 9.48. The summed E-state index contributed by atoms with van der Waals surface area (Å²) < 4.78 is 78.6. The zero-order valence-corrected chi connectivity index (χ0v) is 16.5. The summed E-state index contributed by atoms with van der Waals surface area (Å²) in [4.78, 5) is 0. The van der Waals surface area contributed by atoms with Crippen LogP contribution in [0.15, 0.2) is 67.8 Å². The quantitative estimate of drug-likeness (QED) is 0.202. The first-order valence-electron chi connectivity index (χ1n) is 9.48. The van der Waals surface area contributed by atoms with Gasteiger partial charge in [0.25, 0.3) is 0 Å². The number of ether oxygens (including phenoxy) is 1. The summed E-state index contributed by atoms with van der Waals surface area (Å²) in [7, 11) is 0. The molecule has 0 aliphatic rings. The van der Waals surface area contributed by atoms with Crippen LogP contribution in [0.4, 0.5) is 22.0 Å². The molecule has 0 aliphatic carbocycles. The fourth-order valence-corrected chi connectivity index (χ4v) is 3.13. The van der Waals surface area contributed by atoms with Crippen LogP contribution in [0.1, 0.15) is 23.1 Å². The normalized spacial score (nSPS) is 11.9. The van der Waals surface area contributed by atoms with E-state index in [4.69, 9.17) is 4.74 Å². The Kier molecular flexibility index (Phi) is 6.90. The van der Waals surface area contributed by atoms with Gasteiger partial charge in [-0.15, -0.1) is 6.58 Å². The van der Waals surface area contributed by atoms with Crippen molar-refractivity contribution in [2.24, 2.45) is 0 Å². The van der Waals surface area contributed by atoms with E-state index >= 15 is 0 Å². The highest BCUT2D eigenvalue weighted by atomic mass is 19.2. The van der Waals surface area contributed by atoms with Gasteiger partial charge in [0.2, 0.25) is 0 Å². The number of benzene rings is 3. The van der Waals surface area contributed by atoms with E-state index in [2.05, 4.69) is 13.2 Å². The number of allylic oxidation sites excluding steroid dienone is 1. The number of fused-ring (bicyclic) bond motifs is 1. The van der Waals surface area contributed by atoms with Crippen LogP contribution in [0.5, 0.6) is 5.75 Å². The van der Waals surface area contributed by atoms with Crippen molar-refractivity contribution in [2.75, 3.05) is 6.61 Å². The monoisotopic (exact) mass is 430 g/mol. The molecular weight excluding hydrogens is 411 g/mol. The maximum absolute atomic E-state index is 14.8. The molecule has 31 heavy (non-hydrogen) atoms. The van der Waals surface area contributed by atoms with E-state index in [9.17, 15) is 22.0 Å². The van der Waals surface area contributed by atoms with Crippen LogP contribution in [0, 0.1) is 17.5 Å². The average Bonchev–Trinajstić information content (AvgIpc) is 2.78. The summed E-state index contributed by atoms with van der Waals surface area (Å²) >= 11 is 0. The van der Waals surface area contributed by atoms with Gasteiger partial charge in [0.05, 0.1) is 10.9 Å². The van der Waals surface area contributed by atoms with Crippen molar-refractivity contribution in [3.8, 4) is 5.75 Å². The Morgan fingerprint density at radius 2 is 1.55 bits per heavy atom. The summed E-state index contributed by atoms with van der Waals surface area (Å²) in [6.07, 6.45) is 3.80. The van der Waals surface area contributed by atoms with Crippen LogP contribution in [0.3, 0.4) is 0 Å². The van der Waals surface area contributed by atoms with Gasteiger partial charge in [-0.05, 0) is 54.1 Å². The fourth-order valence-electron chi connectivity index (χ4n) is 3.13. The molecule has 1 nitrogen and oxygen atoms in total. The van der Waals surface area contributed by atoms with E-state index in [0.29, 0.717) is 12.2 Å². The molecular formula is C25H19F5O. The highest BCUT2D eigenvalue weighted by Crippen LogP contribution is 2.36. The van der Waals surface area contributed by atoms with Gasteiger partial charge in [-0.1, -0.05) is 30.9 Å². The SMILES string of the molecule is C=CCCc1ccc2cc(C(F)=C(F)c3ccc(OCC=C)cc3)c(F)c(F)c2c1F. The Labute approximate surface area is 176 Å². The lowest BCUT2D eigenvalue weighted by molar-refractivity contribution is 0.363. The van der Waals surface area contributed by atoms with E-state index in [1.165, 1.54) is 42.5 Å². The van der Waals surface area contributed by atoms with Crippen LogP contribution in [0.2, 0.25) is 0 Å². The minimum Gasteiger partial charge on any atom is -0.490 e. The molecule has 0 spiro atoms. The molecule has 0 heterocycles. The third-order valence-electron chi connectivity index (χ3n) is 4.73. The van der Waals surface area contributed by atoms with Gasteiger partial charge in [0, 0.05) is 5.56 Å². The van der Waals surface area contributed by atoms with Gasteiger partial charge in [0.1, 0.15) is 18.2 Å². The van der Waals surface area contributed by atoms with Crippen molar-refractivity contribution in [3.05, 3.63) is 102 Å². The second-order valence-corrected chi connectivity index (χ2v) is 6.77. The van der Waals surface area contributed by atoms with Gasteiger partial charge in [-0.2, -0.15) is 0 Å². The van der Waals surface area contributed by atoms with Crippen molar-refractivity contribution < 1.29 is 26.7 Å². The Bertz CT molecular complexity index is 1160. The van der Waals surface area contributed by atoms with Gasteiger partial charge in [0.15, 0.2) is 23.3 Å². The third-order valence-corrected chi connectivity index (χ3v) is 4.73. The molecule has 3 rings (SSSR count). The molecule has 160 valence electrons. The van der Waals surface area contributed by atoms with E-state index in [1.54, 1.807) is 6.08 Å². The maximum atomic E-state index is 14.8. The minimum absolute atomic E-state index is 0.0788. The lowest BCUT2D eigenvalue weighted by Crippen LogP contribution is -2.00.